The highest BCUT2D eigenvalue weighted by molar-refractivity contribution is 7.99. The summed E-state index contributed by atoms with van der Waals surface area (Å²) in [6.45, 7) is 0.587. The van der Waals surface area contributed by atoms with Gasteiger partial charge in [-0.15, -0.1) is 11.8 Å². The molecular weight excluding hydrogens is 380 g/mol. The van der Waals surface area contributed by atoms with Gasteiger partial charge in [-0.05, 0) is 35.9 Å². The fraction of sp³-hybridized carbons (Fsp3) is 0.125. The predicted molar refractivity (Wildman–Crippen MR) is 120 cm³/mol. The maximum absolute atomic E-state index is 12.3. The van der Waals surface area contributed by atoms with E-state index in [1.165, 1.54) is 10.3 Å². The summed E-state index contributed by atoms with van der Waals surface area (Å²) >= 11 is 1.76. The number of aromatic amines is 1. The summed E-state index contributed by atoms with van der Waals surface area (Å²) in [5, 5.41) is 4.20. The molecule has 0 aliphatic heterocycles. The van der Waals surface area contributed by atoms with Crippen LogP contribution in [0.3, 0.4) is 0 Å². The van der Waals surface area contributed by atoms with Crippen LogP contribution in [-0.2, 0) is 0 Å². The number of thioether (sulfide) groups is 1. The molecule has 0 aliphatic carbocycles. The molecular formula is C24H22N2O2S. The highest BCUT2D eigenvalue weighted by atomic mass is 32.2. The number of H-pyrrole nitrogens is 1. The van der Waals surface area contributed by atoms with E-state index in [9.17, 15) is 4.79 Å². The van der Waals surface area contributed by atoms with E-state index in [4.69, 9.17) is 4.74 Å². The van der Waals surface area contributed by atoms with E-state index in [1.54, 1.807) is 43.1 Å². The second-order valence-electron chi connectivity index (χ2n) is 6.57. The lowest BCUT2D eigenvalue weighted by Crippen LogP contribution is -2.25. The summed E-state index contributed by atoms with van der Waals surface area (Å²) in [4.78, 5) is 17.1. The van der Waals surface area contributed by atoms with E-state index in [-0.39, 0.29) is 5.91 Å². The number of nitrogens with one attached hydrogen (secondary N) is 2. The Morgan fingerprint density at radius 3 is 2.45 bits per heavy atom. The quantitative estimate of drug-likeness (QED) is 0.323. The van der Waals surface area contributed by atoms with Crippen molar-refractivity contribution in [2.75, 3.05) is 19.4 Å². The van der Waals surface area contributed by atoms with Crippen LogP contribution in [0.15, 0.2) is 83.8 Å². The van der Waals surface area contributed by atoms with E-state index in [0.717, 1.165) is 28.3 Å². The number of carbonyl (C=O) groups excluding carboxylic acids is 1. The zero-order valence-electron chi connectivity index (χ0n) is 16.1. The lowest BCUT2D eigenvalue weighted by Gasteiger charge is -2.08. The van der Waals surface area contributed by atoms with Gasteiger partial charge in [0.25, 0.3) is 5.91 Å². The molecule has 0 unspecified atom stereocenters. The molecule has 0 atom stereocenters. The van der Waals surface area contributed by atoms with Crippen LogP contribution < -0.4 is 10.1 Å². The van der Waals surface area contributed by atoms with Gasteiger partial charge in [-0.3, -0.25) is 4.79 Å². The number of methoxy groups -OCH3 is 1. The molecule has 0 saturated carbocycles. The van der Waals surface area contributed by atoms with Gasteiger partial charge >= 0.3 is 0 Å². The van der Waals surface area contributed by atoms with E-state index in [0.29, 0.717) is 12.1 Å². The molecule has 29 heavy (non-hydrogen) atoms. The van der Waals surface area contributed by atoms with Crippen LogP contribution in [0, 0.1) is 0 Å². The van der Waals surface area contributed by atoms with Crippen LogP contribution in [0.25, 0.3) is 22.2 Å². The van der Waals surface area contributed by atoms with Crippen LogP contribution in [0.4, 0.5) is 0 Å². The summed E-state index contributed by atoms with van der Waals surface area (Å²) < 4.78 is 5.13. The highest BCUT2D eigenvalue weighted by Crippen LogP contribution is 2.37. The molecule has 0 radical (unpaired) electrons. The van der Waals surface area contributed by atoms with Crippen molar-refractivity contribution in [3.05, 3.63) is 84.4 Å². The third-order valence-corrected chi connectivity index (χ3v) is 5.83. The number of fused-ring (bicyclic) bond motifs is 1. The maximum Gasteiger partial charge on any atom is 0.251 e. The Morgan fingerprint density at radius 2 is 1.69 bits per heavy atom. The number of rotatable bonds is 7. The van der Waals surface area contributed by atoms with Crippen molar-refractivity contribution in [2.24, 2.45) is 0 Å². The number of para-hydroxylation sites is 1. The Bertz CT molecular complexity index is 1100. The normalized spacial score (nSPS) is 10.8. The van der Waals surface area contributed by atoms with Crippen molar-refractivity contribution >= 4 is 28.6 Å². The number of hydrogen-bond acceptors (Lipinski definition) is 3. The Labute approximate surface area is 174 Å². The van der Waals surface area contributed by atoms with E-state index < -0.39 is 0 Å². The Kier molecular flexibility index (Phi) is 5.86. The number of amides is 1. The molecule has 4 aromatic rings. The highest BCUT2D eigenvalue weighted by Gasteiger charge is 2.13. The molecule has 2 N–H and O–H groups in total. The Balaban J connectivity index is 1.45. The van der Waals surface area contributed by atoms with Gasteiger partial charge in [0.1, 0.15) is 5.75 Å². The zero-order valence-corrected chi connectivity index (χ0v) is 17.0. The largest absolute Gasteiger partial charge is 0.497 e. The van der Waals surface area contributed by atoms with Crippen LogP contribution in [0.1, 0.15) is 10.4 Å². The minimum atomic E-state index is -0.0736. The van der Waals surface area contributed by atoms with Gasteiger partial charge in [0.15, 0.2) is 0 Å². The second-order valence-corrected chi connectivity index (χ2v) is 7.68. The lowest BCUT2D eigenvalue weighted by molar-refractivity contribution is 0.0956. The third-order valence-electron chi connectivity index (χ3n) is 4.71. The van der Waals surface area contributed by atoms with Crippen molar-refractivity contribution in [3.8, 4) is 17.0 Å². The summed E-state index contributed by atoms with van der Waals surface area (Å²) in [5.74, 6) is 1.45. The monoisotopic (exact) mass is 402 g/mol. The van der Waals surface area contributed by atoms with E-state index in [1.807, 2.05) is 24.3 Å². The number of benzene rings is 3. The number of carbonyl (C=O) groups is 1. The first kappa shape index (κ1) is 19.2. The SMILES string of the molecule is COc1ccc(C(=O)NCCSc2c(-c3ccccc3)[nH]c3ccccc23)cc1. The Morgan fingerprint density at radius 1 is 0.966 bits per heavy atom. The number of aromatic nitrogens is 1. The molecule has 0 saturated heterocycles. The average Bonchev–Trinajstić information content (AvgIpc) is 3.16. The molecule has 146 valence electrons. The molecule has 1 aromatic heterocycles. The van der Waals surface area contributed by atoms with Gasteiger partial charge in [-0.1, -0.05) is 48.5 Å². The number of ether oxygens (including phenoxy) is 1. The molecule has 0 bridgehead atoms. The summed E-state index contributed by atoms with van der Waals surface area (Å²) in [5.41, 5.74) is 4.04. The lowest BCUT2D eigenvalue weighted by atomic mass is 10.1. The predicted octanol–water partition coefficient (Wildman–Crippen LogP) is 5.37. The maximum atomic E-state index is 12.3. The average molecular weight is 403 g/mol. The topological polar surface area (TPSA) is 54.1 Å². The van der Waals surface area contributed by atoms with E-state index >= 15 is 0 Å². The first-order valence-electron chi connectivity index (χ1n) is 9.47. The first-order chi connectivity index (χ1) is 14.3. The fourth-order valence-electron chi connectivity index (χ4n) is 3.24. The minimum absolute atomic E-state index is 0.0736. The van der Waals surface area contributed by atoms with E-state index in [2.05, 4.69) is 40.6 Å². The summed E-state index contributed by atoms with van der Waals surface area (Å²) in [6, 6.07) is 25.8. The molecule has 1 heterocycles. The van der Waals surface area contributed by atoms with Crippen molar-refractivity contribution in [1.29, 1.82) is 0 Å². The molecule has 0 fully saturated rings. The van der Waals surface area contributed by atoms with Gasteiger partial charge in [0, 0.05) is 33.7 Å². The fourth-order valence-corrected chi connectivity index (χ4v) is 4.29. The van der Waals surface area contributed by atoms with Crippen LogP contribution in [0.5, 0.6) is 5.75 Å². The minimum Gasteiger partial charge on any atom is -0.497 e. The van der Waals surface area contributed by atoms with Crippen molar-refractivity contribution in [1.82, 2.24) is 10.3 Å². The summed E-state index contributed by atoms with van der Waals surface area (Å²) in [6.07, 6.45) is 0. The third kappa shape index (κ3) is 4.30. The van der Waals surface area contributed by atoms with Crippen LogP contribution in [0.2, 0.25) is 0 Å². The van der Waals surface area contributed by atoms with Crippen molar-refractivity contribution < 1.29 is 9.53 Å². The van der Waals surface area contributed by atoms with Crippen LogP contribution >= 0.6 is 11.8 Å². The molecule has 5 heteroatoms. The Hall–Kier alpha value is -3.18. The van der Waals surface area contributed by atoms with Gasteiger partial charge in [0.05, 0.1) is 12.8 Å². The first-order valence-corrected chi connectivity index (χ1v) is 10.5. The zero-order chi connectivity index (χ0) is 20.1. The molecule has 4 nitrogen and oxygen atoms in total. The van der Waals surface area contributed by atoms with Crippen molar-refractivity contribution in [3.63, 3.8) is 0 Å². The molecule has 0 spiro atoms. The van der Waals surface area contributed by atoms with Gasteiger partial charge in [-0.25, -0.2) is 0 Å². The molecule has 3 aromatic carbocycles. The van der Waals surface area contributed by atoms with Gasteiger partial charge < -0.3 is 15.0 Å². The van der Waals surface area contributed by atoms with Crippen molar-refractivity contribution in [2.45, 2.75) is 4.90 Å². The smallest absolute Gasteiger partial charge is 0.251 e. The standard InChI is InChI=1S/C24H22N2O2S/c1-28-19-13-11-18(12-14-19)24(27)25-15-16-29-23-20-9-5-6-10-21(20)26-22(23)17-7-3-2-4-8-17/h2-14,26H,15-16H2,1H3,(H,25,27). The molecule has 4 rings (SSSR count). The summed E-state index contributed by atoms with van der Waals surface area (Å²) in [7, 11) is 1.61. The number of hydrogen-bond donors (Lipinski definition) is 2. The van der Waals surface area contributed by atoms with Gasteiger partial charge in [0.2, 0.25) is 0 Å². The molecule has 1 amide bonds. The second kappa shape index (κ2) is 8.88. The van der Waals surface area contributed by atoms with Gasteiger partial charge in [-0.2, -0.15) is 0 Å². The molecule has 0 aliphatic rings. The van der Waals surface area contributed by atoms with Crippen LogP contribution in [-0.4, -0.2) is 30.3 Å².